The van der Waals surface area contributed by atoms with Gasteiger partial charge in [0.1, 0.15) is 12.1 Å². The Balaban J connectivity index is 2.64. The van der Waals surface area contributed by atoms with Gasteiger partial charge in [-0.3, -0.25) is 19.2 Å². The van der Waals surface area contributed by atoms with Gasteiger partial charge in [-0.05, 0) is 30.7 Å². The van der Waals surface area contributed by atoms with E-state index in [1.807, 2.05) is 44.2 Å². The van der Waals surface area contributed by atoms with Crippen LogP contribution in [0.1, 0.15) is 38.7 Å². The van der Waals surface area contributed by atoms with Gasteiger partial charge in [0.2, 0.25) is 17.7 Å². The van der Waals surface area contributed by atoms with Crippen molar-refractivity contribution in [3.05, 3.63) is 35.9 Å². The second-order valence-corrected chi connectivity index (χ2v) is 8.10. The van der Waals surface area contributed by atoms with Gasteiger partial charge in [0, 0.05) is 6.42 Å². The average molecular weight is 465 g/mol. The Labute approximate surface area is 192 Å². The Morgan fingerprint density at radius 3 is 2.12 bits per heavy atom. The van der Waals surface area contributed by atoms with Crippen LogP contribution >= 0.6 is 0 Å². The van der Waals surface area contributed by atoms with Crippen molar-refractivity contribution in [3.63, 3.8) is 0 Å². The van der Waals surface area contributed by atoms with Crippen LogP contribution in [0, 0.1) is 5.92 Å². The monoisotopic (exact) mass is 464 g/mol. The molecule has 0 bridgehead atoms. The van der Waals surface area contributed by atoms with Gasteiger partial charge >= 0.3 is 11.9 Å². The van der Waals surface area contributed by atoms with Crippen molar-refractivity contribution >= 4 is 29.7 Å². The number of nitrogens with two attached hydrogens (primary N) is 1. The molecule has 182 valence electrons. The Bertz CT molecular complexity index is 829. The number of carboxylic acids is 2. The van der Waals surface area contributed by atoms with Crippen LogP contribution in [0.2, 0.25) is 0 Å². The first-order valence-electron chi connectivity index (χ1n) is 10.6. The van der Waals surface area contributed by atoms with E-state index >= 15 is 0 Å². The molecule has 1 aromatic rings. The zero-order valence-electron chi connectivity index (χ0n) is 18.7. The molecule has 11 nitrogen and oxygen atoms in total. The SMILES string of the molecule is CC(C)CC(NC(=O)CNC(=O)C(N)Cc1ccccc1)C(=O)NC(CCC(=O)O)C(=O)O. The zero-order valence-corrected chi connectivity index (χ0v) is 18.7. The zero-order chi connectivity index (χ0) is 25.0. The van der Waals surface area contributed by atoms with Crippen LogP contribution in [0.15, 0.2) is 30.3 Å². The molecule has 11 heteroatoms. The van der Waals surface area contributed by atoms with E-state index in [1.54, 1.807) is 0 Å². The number of carbonyl (C=O) groups is 5. The van der Waals surface area contributed by atoms with E-state index in [-0.39, 0.29) is 18.8 Å². The summed E-state index contributed by atoms with van der Waals surface area (Å²) in [7, 11) is 0. The van der Waals surface area contributed by atoms with Crippen LogP contribution in [0.3, 0.4) is 0 Å². The first-order chi connectivity index (χ1) is 15.5. The number of aliphatic carboxylic acids is 2. The van der Waals surface area contributed by atoms with Crippen molar-refractivity contribution in [1.29, 1.82) is 0 Å². The van der Waals surface area contributed by atoms with E-state index in [0.717, 1.165) is 5.56 Å². The molecule has 3 amide bonds. The molecule has 0 heterocycles. The fraction of sp³-hybridized carbons (Fsp3) is 0.500. The smallest absolute Gasteiger partial charge is 0.326 e. The van der Waals surface area contributed by atoms with Crippen molar-refractivity contribution in [1.82, 2.24) is 16.0 Å². The topological polar surface area (TPSA) is 188 Å². The lowest BCUT2D eigenvalue weighted by Gasteiger charge is -2.23. The lowest BCUT2D eigenvalue weighted by molar-refractivity contribution is -0.143. The quantitative estimate of drug-likeness (QED) is 0.215. The van der Waals surface area contributed by atoms with Gasteiger partial charge in [-0.1, -0.05) is 44.2 Å². The first kappa shape index (κ1) is 27.6. The van der Waals surface area contributed by atoms with Crippen LogP contribution < -0.4 is 21.7 Å². The number of rotatable bonds is 14. The van der Waals surface area contributed by atoms with Crippen molar-refractivity contribution < 1.29 is 34.2 Å². The minimum atomic E-state index is -1.41. The third-order valence-electron chi connectivity index (χ3n) is 4.68. The molecule has 0 aliphatic heterocycles. The van der Waals surface area contributed by atoms with Gasteiger partial charge in [0.05, 0.1) is 12.6 Å². The van der Waals surface area contributed by atoms with Crippen molar-refractivity contribution in [2.24, 2.45) is 11.7 Å². The number of hydrogen-bond donors (Lipinski definition) is 6. The standard InChI is InChI=1S/C22H32N4O7/c1-13(2)10-17(21(31)26-16(22(32)33)8-9-19(28)29)25-18(27)12-24-20(30)15(23)11-14-6-4-3-5-7-14/h3-7,13,15-17H,8-12,23H2,1-2H3,(H,24,30)(H,25,27)(H,26,31)(H,28,29)(H,32,33). The highest BCUT2D eigenvalue weighted by Crippen LogP contribution is 2.07. The molecular weight excluding hydrogens is 432 g/mol. The van der Waals surface area contributed by atoms with Crippen molar-refractivity contribution in [3.8, 4) is 0 Å². The van der Waals surface area contributed by atoms with Gasteiger partial charge in [0.25, 0.3) is 0 Å². The molecule has 33 heavy (non-hydrogen) atoms. The third kappa shape index (κ3) is 11.1. The summed E-state index contributed by atoms with van der Waals surface area (Å²) in [6.07, 6.45) is -0.230. The first-order valence-corrected chi connectivity index (χ1v) is 10.6. The maximum Gasteiger partial charge on any atom is 0.326 e. The molecule has 0 aromatic heterocycles. The minimum absolute atomic E-state index is 0.0165. The molecular formula is C22H32N4O7. The van der Waals surface area contributed by atoms with Crippen molar-refractivity contribution in [2.75, 3.05) is 6.54 Å². The van der Waals surface area contributed by atoms with E-state index in [0.29, 0.717) is 6.42 Å². The fourth-order valence-electron chi connectivity index (χ4n) is 3.00. The predicted molar refractivity (Wildman–Crippen MR) is 119 cm³/mol. The Kier molecular flexibility index (Phi) is 11.6. The second-order valence-electron chi connectivity index (χ2n) is 8.10. The second kappa shape index (κ2) is 13.8. The summed E-state index contributed by atoms with van der Waals surface area (Å²) >= 11 is 0. The Morgan fingerprint density at radius 1 is 0.939 bits per heavy atom. The summed E-state index contributed by atoms with van der Waals surface area (Å²) in [6, 6.07) is 5.82. The molecule has 0 spiro atoms. The highest BCUT2D eigenvalue weighted by molar-refractivity contribution is 5.92. The lowest BCUT2D eigenvalue weighted by Crippen LogP contribution is -2.54. The highest BCUT2D eigenvalue weighted by atomic mass is 16.4. The van der Waals surface area contributed by atoms with Crippen LogP contribution in [-0.4, -0.2) is 64.5 Å². The van der Waals surface area contributed by atoms with Crippen molar-refractivity contribution in [2.45, 2.75) is 57.7 Å². The molecule has 1 rings (SSSR count). The third-order valence-corrected chi connectivity index (χ3v) is 4.68. The van der Waals surface area contributed by atoms with Gasteiger partial charge in [-0.2, -0.15) is 0 Å². The number of benzene rings is 1. The maximum atomic E-state index is 12.6. The summed E-state index contributed by atoms with van der Waals surface area (Å²) < 4.78 is 0. The fourth-order valence-corrected chi connectivity index (χ4v) is 3.00. The van der Waals surface area contributed by atoms with Gasteiger partial charge in [-0.25, -0.2) is 4.79 Å². The predicted octanol–water partition coefficient (Wildman–Crippen LogP) is -0.362. The van der Waals surface area contributed by atoms with Gasteiger partial charge < -0.3 is 31.9 Å². The Hall–Kier alpha value is -3.47. The molecule has 3 unspecified atom stereocenters. The molecule has 0 saturated carbocycles. The number of hydrogen-bond acceptors (Lipinski definition) is 6. The Morgan fingerprint density at radius 2 is 1.58 bits per heavy atom. The normalized spacial score (nSPS) is 13.5. The van der Waals surface area contributed by atoms with Gasteiger partial charge in [-0.15, -0.1) is 0 Å². The minimum Gasteiger partial charge on any atom is -0.481 e. The van der Waals surface area contributed by atoms with Crippen LogP contribution in [0.25, 0.3) is 0 Å². The molecule has 0 radical (unpaired) electrons. The van der Waals surface area contributed by atoms with E-state index in [4.69, 9.17) is 10.8 Å². The summed E-state index contributed by atoms with van der Waals surface area (Å²) in [6.45, 7) is 3.22. The van der Waals surface area contributed by atoms with Crippen LogP contribution in [0.5, 0.6) is 0 Å². The number of nitrogens with one attached hydrogen (secondary N) is 3. The molecule has 3 atom stereocenters. The summed E-state index contributed by atoms with van der Waals surface area (Å²) in [5, 5.41) is 25.2. The number of carbonyl (C=O) groups excluding carboxylic acids is 3. The maximum absolute atomic E-state index is 12.6. The summed E-state index contributed by atoms with van der Waals surface area (Å²) in [5.41, 5.74) is 6.75. The highest BCUT2D eigenvalue weighted by Gasteiger charge is 2.27. The largest absolute Gasteiger partial charge is 0.481 e. The molecule has 0 fully saturated rings. The number of amides is 3. The molecule has 7 N–H and O–H groups in total. The molecule has 0 aliphatic carbocycles. The lowest BCUT2D eigenvalue weighted by atomic mass is 10.0. The molecule has 0 aliphatic rings. The molecule has 0 saturated heterocycles. The van der Waals surface area contributed by atoms with E-state index in [9.17, 15) is 29.1 Å². The summed E-state index contributed by atoms with van der Waals surface area (Å²) in [4.78, 5) is 59.1. The van der Waals surface area contributed by atoms with E-state index in [1.165, 1.54) is 0 Å². The summed E-state index contributed by atoms with van der Waals surface area (Å²) in [5.74, 6) is -4.51. The number of carboxylic acid groups (broad SMARTS) is 2. The van der Waals surface area contributed by atoms with Crippen LogP contribution in [-0.2, 0) is 30.4 Å². The van der Waals surface area contributed by atoms with Crippen LogP contribution in [0.4, 0.5) is 0 Å². The van der Waals surface area contributed by atoms with E-state index < -0.39 is 60.8 Å². The molecule has 1 aromatic carbocycles. The van der Waals surface area contributed by atoms with Gasteiger partial charge in [0.15, 0.2) is 0 Å². The average Bonchev–Trinajstić information content (AvgIpc) is 2.74. The van der Waals surface area contributed by atoms with E-state index in [2.05, 4.69) is 16.0 Å².